The number of nitrogens with one attached hydrogen (secondary N) is 1. The van der Waals surface area contributed by atoms with Crippen molar-refractivity contribution >= 4 is 16.9 Å². The molecule has 0 aliphatic rings. The zero-order chi connectivity index (χ0) is 21.3. The van der Waals surface area contributed by atoms with Gasteiger partial charge in [0.1, 0.15) is 5.69 Å². The van der Waals surface area contributed by atoms with Crippen molar-refractivity contribution in [1.29, 1.82) is 0 Å². The third kappa shape index (κ3) is 7.19. The summed E-state index contributed by atoms with van der Waals surface area (Å²) in [4.78, 5) is 14.8. The number of fused-ring (bicyclic) bond motifs is 1. The normalized spacial score (nSPS) is 11.8. The second-order valence-corrected chi connectivity index (χ2v) is 7.19. The molecule has 2 aromatic rings. The van der Waals surface area contributed by atoms with Gasteiger partial charge in [0.15, 0.2) is 0 Å². The first-order chi connectivity index (χ1) is 13.1. The van der Waals surface area contributed by atoms with E-state index in [1.54, 1.807) is 24.3 Å². The number of hydrogen-bond donors (Lipinski definition) is 2. The fraction of sp³-hybridized carbons (Fsp3) is 0.571. The average Bonchev–Trinajstić information content (AvgIpc) is 2.99. The number of nitrogens with zero attached hydrogens (tertiary/aromatic N) is 1. The highest BCUT2D eigenvalue weighted by Gasteiger charge is 2.36. The summed E-state index contributed by atoms with van der Waals surface area (Å²) in [5.74, 6) is -0.737. The van der Waals surface area contributed by atoms with Crippen LogP contribution in [0.5, 0.6) is 0 Å². The predicted octanol–water partition coefficient (Wildman–Crippen LogP) is 5.58. The molecule has 0 atom stereocenters. The summed E-state index contributed by atoms with van der Waals surface area (Å²) in [6, 6.07) is 6.89. The molecule has 0 bridgehead atoms. The van der Waals surface area contributed by atoms with Crippen molar-refractivity contribution in [3.8, 4) is 0 Å². The number of para-hydroxylation sites is 1. The number of rotatable bonds is 8. The lowest BCUT2D eigenvalue weighted by molar-refractivity contribution is -0.142. The molecule has 0 saturated carbocycles. The first kappa shape index (κ1) is 24.0. The molecule has 4 nitrogen and oxygen atoms in total. The second kappa shape index (κ2) is 11.1. The number of hydrogen-bond acceptors (Lipinski definition) is 2. The van der Waals surface area contributed by atoms with Crippen LogP contribution in [0, 0.1) is 5.92 Å². The number of benzene rings is 1. The molecule has 0 aliphatic carbocycles. The van der Waals surface area contributed by atoms with Crippen molar-refractivity contribution in [2.75, 3.05) is 20.6 Å². The smallest absolute Gasteiger partial charge is 0.431 e. The number of carboxylic acid groups (broad SMARTS) is 1. The van der Waals surface area contributed by atoms with Crippen molar-refractivity contribution in [2.24, 2.45) is 5.92 Å². The number of aliphatic carboxylic acids is 1. The van der Waals surface area contributed by atoms with Gasteiger partial charge in [-0.1, -0.05) is 44.9 Å². The Kier molecular flexibility index (Phi) is 9.52. The SMILES string of the molecule is CCCC(CCC)C(=O)O.CN(C)CCc1c(C(F)(F)F)[nH]c2ccccc12. The summed E-state index contributed by atoms with van der Waals surface area (Å²) in [5.41, 5.74) is 0.274. The van der Waals surface area contributed by atoms with Crippen molar-refractivity contribution < 1.29 is 23.1 Å². The van der Waals surface area contributed by atoms with E-state index in [2.05, 4.69) is 4.98 Å². The Morgan fingerprint density at radius 1 is 1.14 bits per heavy atom. The lowest BCUT2D eigenvalue weighted by Crippen LogP contribution is -2.17. The van der Waals surface area contributed by atoms with Gasteiger partial charge in [-0.05, 0) is 45.0 Å². The van der Waals surface area contributed by atoms with Gasteiger partial charge in [0.2, 0.25) is 0 Å². The number of halogens is 3. The van der Waals surface area contributed by atoms with Gasteiger partial charge >= 0.3 is 12.1 Å². The molecule has 0 unspecified atom stereocenters. The topological polar surface area (TPSA) is 56.3 Å². The Bertz CT molecular complexity index is 733. The third-order valence-corrected chi connectivity index (χ3v) is 4.53. The molecule has 1 heterocycles. The first-order valence-corrected chi connectivity index (χ1v) is 9.66. The van der Waals surface area contributed by atoms with Crippen LogP contribution in [0.15, 0.2) is 24.3 Å². The molecular weight excluding hydrogens is 369 g/mol. The summed E-state index contributed by atoms with van der Waals surface area (Å²) in [7, 11) is 3.70. The van der Waals surface area contributed by atoms with E-state index in [-0.39, 0.29) is 5.92 Å². The Morgan fingerprint density at radius 2 is 1.71 bits per heavy atom. The first-order valence-electron chi connectivity index (χ1n) is 9.66. The summed E-state index contributed by atoms with van der Waals surface area (Å²) in [6.45, 7) is 4.63. The summed E-state index contributed by atoms with van der Waals surface area (Å²) in [6.07, 6.45) is -0.368. The van der Waals surface area contributed by atoms with E-state index in [0.29, 0.717) is 29.4 Å². The third-order valence-electron chi connectivity index (χ3n) is 4.53. The maximum Gasteiger partial charge on any atom is 0.431 e. The van der Waals surface area contributed by atoms with Crippen LogP contribution >= 0.6 is 0 Å². The van der Waals surface area contributed by atoms with Crippen molar-refractivity contribution in [3.63, 3.8) is 0 Å². The van der Waals surface area contributed by atoms with Crippen LogP contribution < -0.4 is 0 Å². The zero-order valence-electron chi connectivity index (χ0n) is 17.1. The monoisotopic (exact) mass is 400 g/mol. The quantitative estimate of drug-likeness (QED) is 0.608. The number of likely N-dealkylation sites (N-methyl/N-ethyl adjacent to an activating group) is 1. The average molecular weight is 400 g/mol. The van der Waals surface area contributed by atoms with Gasteiger partial charge in [0.05, 0.1) is 5.92 Å². The summed E-state index contributed by atoms with van der Waals surface area (Å²) < 4.78 is 38.9. The molecule has 0 spiro atoms. The Hall–Kier alpha value is -2.02. The highest BCUT2D eigenvalue weighted by atomic mass is 19.4. The van der Waals surface area contributed by atoms with Gasteiger partial charge in [-0.15, -0.1) is 0 Å². The van der Waals surface area contributed by atoms with Crippen LogP contribution in [0.1, 0.15) is 50.8 Å². The lowest BCUT2D eigenvalue weighted by Gasteiger charge is -2.11. The van der Waals surface area contributed by atoms with E-state index in [1.165, 1.54) is 0 Å². The summed E-state index contributed by atoms with van der Waals surface area (Å²) >= 11 is 0. The fourth-order valence-corrected chi connectivity index (χ4v) is 3.13. The van der Waals surface area contributed by atoms with E-state index in [9.17, 15) is 18.0 Å². The molecule has 7 heteroatoms. The largest absolute Gasteiger partial charge is 0.481 e. The van der Waals surface area contributed by atoms with Gasteiger partial charge < -0.3 is 15.0 Å². The van der Waals surface area contributed by atoms with Crippen LogP contribution in [0.3, 0.4) is 0 Å². The van der Waals surface area contributed by atoms with E-state index in [0.717, 1.165) is 25.7 Å². The number of alkyl halides is 3. The maximum absolute atomic E-state index is 13.0. The lowest BCUT2D eigenvalue weighted by atomic mass is 9.99. The molecule has 1 aromatic carbocycles. The molecule has 0 amide bonds. The number of carboxylic acids is 1. The minimum atomic E-state index is -4.33. The number of H-pyrrole nitrogens is 1. The molecule has 0 radical (unpaired) electrons. The van der Waals surface area contributed by atoms with Crippen LogP contribution in [0.25, 0.3) is 10.9 Å². The molecule has 0 fully saturated rings. The summed E-state index contributed by atoms with van der Waals surface area (Å²) in [5, 5.41) is 9.29. The predicted molar refractivity (Wildman–Crippen MR) is 107 cm³/mol. The zero-order valence-corrected chi connectivity index (χ0v) is 17.1. The highest BCUT2D eigenvalue weighted by Crippen LogP contribution is 2.35. The molecule has 28 heavy (non-hydrogen) atoms. The molecule has 158 valence electrons. The Balaban J connectivity index is 0.000000336. The second-order valence-electron chi connectivity index (χ2n) is 7.19. The number of aromatic nitrogens is 1. The van der Waals surface area contributed by atoms with Crippen LogP contribution in [-0.4, -0.2) is 41.6 Å². The minimum Gasteiger partial charge on any atom is -0.481 e. The van der Waals surface area contributed by atoms with E-state index in [4.69, 9.17) is 5.11 Å². The fourth-order valence-electron chi connectivity index (χ4n) is 3.13. The minimum absolute atomic E-state index is 0.102. The number of aromatic amines is 1. The van der Waals surface area contributed by atoms with Crippen LogP contribution in [0.4, 0.5) is 13.2 Å². The van der Waals surface area contributed by atoms with Crippen LogP contribution in [-0.2, 0) is 17.4 Å². The standard InChI is InChI=1S/C13H15F3N2.C8H16O2/c1-18(2)8-7-10-9-5-3-4-6-11(9)17-12(10)13(14,15)16;1-3-5-7(6-4-2)8(9)10/h3-6,17H,7-8H2,1-2H3;7H,3-6H2,1-2H3,(H,9,10). The van der Waals surface area contributed by atoms with Crippen molar-refractivity contribution in [2.45, 2.75) is 52.1 Å². The van der Waals surface area contributed by atoms with Gasteiger partial charge in [0.25, 0.3) is 0 Å². The van der Waals surface area contributed by atoms with Gasteiger partial charge in [-0.25, -0.2) is 0 Å². The van der Waals surface area contributed by atoms with Crippen molar-refractivity contribution in [1.82, 2.24) is 9.88 Å². The van der Waals surface area contributed by atoms with E-state index >= 15 is 0 Å². The molecular formula is C21H31F3N2O2. The van der Waals surface area contributed by atoms with Crippen molar-refractivity contribution in [3.05, 3.63) is 35.5 Å². The Morgan fingerprint density at radius 3 is 2.18 bits per heavy atom. The molecule has 0 aliphatic heterocycles. The molecule has 1 aromatic heterocycles. The Labute approximate surface area is 164 Å². The van der Waals surface area contributed by atoms with Gasteiger partial charge in [-0.2, -0.15) is 13.2 Å². The van der Waals surface area contributed by atoms with Gasteiger partial charge in [0, 0.05) is 17.4 Å². The van der Waals surface area contributed by atoms with Crippen LogP contribution in [0.2, 0.25) is 0 Å². The molecule has 0 saturated heterocycles. The number of carbonyl (C=O) groups is 1. The molecule has 2 N–H and O–H groups in total. The molecule has 2 rings (SSSR count). The van der Waals surface area contributed by atoms with E-state index < -0.39 is 17.8 Å². The van der Waals surface area contributed by atoms with Gasteiger partial charge in [-0.3, -0.25) is 4.79 Å². The maximum atomic E-state index is 13.0. The van der Waals surface area contributed by atoms with E-state index in [1.807, 2.05) is 32.8 Å². The highest BCUT2D eigenvalue weighted by molar-refractivity contribution is 5.84.